The summed E-state index contributed by atoms with van der Waals surface area (Å²) in [4.78, 5) is 14.2. The number of nitrogens with one attached hydrogen (secondary N) is 1. The first-order chi connectivity index (χ1) is 10.9. The smallest absolute Gasteiger partial charge is 0.246 e. The highest BCUT2D eigenvalue weighted by molar-refractivity contribution is 7.89. The van der Waals surface area contributed by atoms with Crippen molar-refractivity contribution in [2.45, 2.75) is 23.8 Å². The second-order valence-electron chi connectivity index (χ2n) is 5.47. The van der Waals surface area contributed by atoms with E-state index in [0.717, 1.165) is 0 Å². The third kappa shape index (κ3) is 2.99. The summed E-state index contributed by atoms with van der Waals surface area (Å²) in [7, 11) is -0.402. The summed E-state index contributed by atoms with van der Waals surface area (Å²) in [5.74, 6) is 0.382. The summed E-state index contributed by atoms with van der Waals surface area (Å²) in [6.45, 7) is 0.545. The summed E-state index contributed by atoms with van der Waals surface area (Å²) >= 11 is 0. The van der Waals surface area contributed by atoms with Crippen LogP contribution < -0.4 is 9.62 Å². The molecule has 0 unspecified atom stereocenters. The lowest BCUT2D eigenvalue weighted by molar-refractivity contribution is -0.121. The van der Waals surface area contributed by atoms with Gasteiger partial charge in [0.05, 0.1) is 12.4 Å². The first-order valence-electron chi connectivity index (χ1n) is 7.19. The molecule has 0 aliphatic carbocycles. The van der Waals surface area contributed by atoms with Crippen LogP contribution in [-0.4, -0.2) is 46.5 Å². The first-order valence-corrected chi connectivity index (χ1v) is 8.67. The third-order valence-corrected chi connectivity index (χ3v) is 5.23. The van der Waals surface area contributed by atoms with Gasteiger partial charge in [-0.1, -0.05) is 0 Å². The Morgan fingerprint density at radius 3 is 2.70 bits per heavy atom. The van der Waals surface area contributed by atoms with Crippen molar-refractivity contribution in [2.75, 3.05) is 11.4 Å². The topological polar surface area (TPSA) is 102 Å². The zero-order valence-corrected chi connectivity index (χ0v) is 13.7. The molecule has 0 bridgehead atoms. The van der Waals surface area contributed by atoms with E-state index in [0.29, 0.717) is 25.2 Å². The van der Waals surface area contributed by atoms with Crippen LogP contribution in [0.4, 0.5) is 5.82 Å². The molecule has 23 heavy (non-hydrogen) atoms. The van der Waals surface area contributed by atoms with Gasteiger partial charge >= 0.3 is 0 Å². The summed E-state index contributed by atoms with van der Waals surface area (Å²) in [6, 6.07) is 0.944. The second-order valence-corrected chi connectivity index (χ2v) is 7.18. The Morgan fingerprint density at radius 2 is 2.09 bits per heavy atom. The molecule has 0 aromatic carbocycles. The minimum absolute atomic E-state index is 0.0467. The van der Waals surface area contributed by atoms with E-state index in [1.165, 1.54) is 17.1 Å². The van der Waals surface area contributed by atoms with Crippen LogP contribution in [0, 0.1) is 0 Å². The summed E-state index contributed by atoms with van der Waals surface area (Å²) in [5.41, 5.74) is 0. The molecule has 1 amide bonds. The lowest BCUT2D eigenvalue weighted by Gasteiger charge is -2.32. The fourth-order valence-electron chi connectivity index (χ4n) is 2.64. The normalized spacial score (nSPS) is 19.3. The average molecular weight is 338 g/mol. The van der Waals surface area contributed by atoms with E-state index in [1.54, 1.807) is 35.9 Å². The van der Waals surface area contributed by atoms with Gasteiger partial charge in [0, 0.05) is 32.9 Å². The van der Waals surface area contributed by atoms with Gasteiger partial charge < -0.3 is 0 Å². The fourth-order valence-corrected chi connectivity index (χ4v) is 3.84. The van der Waals surface area contributed by atoms with Crippen LogP contribution in [0.15, 0.2) is 29.6 Å². The molecule has 124 valence electrons. The number of anilines is 1. The number of sulfonamides is 1. The van der Waals surface area contributed by atoms with Gasteiger partial charge in [-0.2, -0.15) is 14.9 Å². The van der Waals surface area contributed by atoms with Gasteiger partial charge in [0.2, 0.25) is 15.9 Å². The van der Waals surface area contributed by atoms with E-state index in [4.69, 9.17) is 0 Å². The zero-order chi connectivity index (χ0) is 16.6. The molecule has 1 N–H and O–H groups in total. The van der Waals surface area contributed by atoms with Crippen molar-refractivity contribution in [1.82, 2.24) is 24.3 Å². The van der Waals surface area contributed by atoms with Crippen LogP contribution in [0.1, 0.15) is 12.8 Å². The third-order valence-electron chi connectivity index (χ3n) is 3.80. The van der Waals surface area contributed by atoms with E-state index in [2.05, 4.69) is 14.9 Å². The number of aryl methyl sites for hydroxylation is 2. The molecule has 2 aromatic rings. The minimum Gasteiger partial charge on any atom is -0.296 e. The molecule has 1 aliphatic rings. The summed E-state index contributed by atoms with van der Waals surface area (Å²) < 4.78 is 30.2. The highest BCUT2D eigenvalue weighted by Gasteiger charge is 2.34. The molecule has 2 aromatic heterocycles. The molecule has 0 spiro atoms. The van der Waals surface area contributed by atoms with Gasteiger partial charge in [-0.15, -0.1) is 0 Å². The predicted molar refractivity (Wildman–Crippen MR) is 82.1 cm³/mol. The van der Waals surface area contributed by atoms with Crippen molar-refractivity contribution in [3.05, 3.63) is 24.7 Å². The molecule has 1 aliphatic heterocycles. The Balaban J connectivity index is 1.80. The largest absolute Gasteiger partial charge is 0.296 e. The number of piperidine rings is 1. The van der Waals surface area contributed by atoms with Crippen molar-refractivity contribution in [2.24, 2.45) is 14.1 Å². The maximum absolute atomic E-state index is 12.6. The number of hydrogen-bond acceptors (Lipinski definition) is 5. The van der Waals surface area contributed by atoms with E-state index >= 15 is 0 Å². The maximum Gasteiger partial charge on any atom is 0.246 e. The molecule has 3 rings (SSSR count). The van der Waals surface area contributed by atoms with Crippen molar-refractivity contribution in [3.63, 3.8) is 0 Å². The number of nitrogens with zero attached hydrogens (tertiary/aromatic N) is 5. The molecule has 1 fully saturated rings. The molecule has 10 heteroatoms. The van der Waals surface area contributed by atoms with Crippen molar-refractivity contribution in [3.8, 4) is 0 Å². The Bertz CT molecular complexity index is 824. The number of amides is 1. The van der Waals surface area contributed by atoms with Gasteiger partial charge in [0.1, 0.15) is 16.8 Å². The van der Waals surface area contributed by atoms with Crippen molar-refractivity contribution in [1.29, 1.82) is 0 Å². The van der Waals surface area contributed by atoms with Crippen LogP contribution in [-0.2, 0) is 28.9 Å². The van der Waals surface area contributed by atoms with Crippen LogP contribution >= 0.6 is 0 Å². The van der Waals surface area contributed by atoms with Gasteiger partial charge in [-0.05, 0) is 12.8 Å². The lowest BCUT2D eigenvalue weighted by Crippen LogP contribution is -2.52. The number of carbonyl (C=O) groups excluding carboxylic acids is 1. The van der Waals surface area contributed by atoms with Crippen molar-refractivity contribution < 1.29 is 13.2 Å². The van der Waals surface area contributed by atoms with Crippen molar-refractivity contribution >= 4 is 21.7 Å². The van der Waals surface area contributed by atoms with E-state index in [1.807, 2.05) is 0 Å². The Morgan fingerprint density at radius 1 is 1.30 bits per heavy atom. The van der Waals surface area contributed by atoms with Gasteiger partial charge in [-0.25, -0.2) is 8.42 Å². The molecular weight excluding hydrogens is 320 g/mol. The lowest BCUT2D eigenvalue weighted by atomic mass is 10.1. The Hall–Kier alpha value is -2.20. The second kappa shape index (κ2) is 5.78. The number of carbonyl (C=O) groups is 1. The maximum atomic E-state index is 12.6. The van der Waals surface area contributed by atoms with Crippen LogP contribution in [0.2, 0.25) is 0 Å². The molecule has 1 saturated heterocycles. The average Bonchev–Trinajstić information content (AvgIpc) is 3.10. The number of aromatic nitrogens is 4. The van der Waals surface area contributed by atoms with E-state index in [-0.39, 0.29) is 10.8 Å². The number of hydrogen-bond donors (Lipinski definition) is 1. The van der Waals surface area contributed by atoms with Gasteiger partial charge in [-0.3, -0.25) is 19.1 Å². The zero-order valence-electron chi connectivity index (χ0n) is 12.9. The fraction of sp³-hybridized carbons (Fsp3) is 0.462. The standard InChI is InChI=1S/C13H18N6O3S/c1-17-9-10(8-15-17)23(21,22)16-11-4-3-7-19(13(11)20)12-5-6-14-18(12)2/h5-6,8-9,11,16H,3-4,7H2,1-2H3/t11-/m0/s1. The van der Waals surface area contributed by atoms with E-state index in [9.17, 15) is 13.2 Å². The highest BCUT2D eigenvalue weighted by Crippen LogP contribution is 2.21. The van der Waals surface area contributed by atoms with Gasteiger partial charge in [0.15, 0.2) is 0 Å². The van der Waals surface area contributed by atoms with E-state index < -0.39 is 16.1 Å². The van der Waals surface area contributed by atoms with Crippen LogP contribution in [0.3, 0.4) is 0 Å². The first kappa shape index (κ1) is 15.7. The predicted octanol–water partition coefficient (Wildman–Crippen LogP) is -0.373. The molecular formula is C13H18N6O3S. The monoisotopic (exact) mass is 338 g/mol. The quantitative estimate of drug-likeness (QED) is 0.819. The number of rotatable bonds is 4. The summed E-state index contributed by atoms with van der Waals surface area (Å²) in [5, 5.41) is 7.90. The molecule has 0 radical (unpaired) electrons. The van der Waals surface area contributed by atoms with Crippen LogP contribution in [0.5, 0.6) is 0 Å². The Kier molecular flexibility index (Phi) is 3.94. The Labute approximate surface area is 133 Å². The SMILES string of the molecule is Cn1cc(S(=O)(=O)N[C@H]2CCCN(c3ccnn3C)C2=O)cn1. The molecule has 1 atom stereocenters. The highest BCUT2D eigenvalue weighted by atomic mass is 32.2. The molecule has 3 heterocycles. The van der Waals surface area contributed by atoms with Crippen LogP contribution in [0.25, 0.3) is 0 Å². The minimum atomic E-state index is -3.78. The molecule has 9 nitrogen and oxygen atoms in total. The molecule has 0 saturated carbocycles. The van der Waals surface area contributed by atoms with Gasteiger partial charge in [0.25, 0.3) is 0 Å². The summed E-state index contributed by atoms with van der Waals surface area (Å²) in [6.07, 6.45) is 5.43.